The van der Waals surface area contributed by atoms with Crippen molar-refractivity contribution in [3.05, 3.63) is 0 Å². The third-order valence-electron chi connectivity index (χ3n) is 2.15. The number of halogens is 1. The van der Waals surface area contributed by atoms with E-state index in [4.69, 9.17) is 9.47 Å². The molecular weight excluding hydrogens is 283 g/mol. The van der Waals surface area contributed by atoms with E-state index in [0.717, 1.165) is 17.3 Å². The van der Waals surface area contributed by atoms with Gasteiger partial charge in [-0.1, -0.05) is 42.4 Å². The van der Waals surface area contributed by atoms with Gasteiger partial charge >= 0.3 is 6.16 Å². The molecule has 0 aromatic rings. The Kier molecular flexibility index (Phi) is 4.83. The molecule has 0 radical (unpaired) electrons. The Balaban J connectivity index is 2.27. The van der Waals surface area contributed by atoms with Gasteiger partial charge in [-0.2, -0.15) is 0 Å². The SMILES string of the molecule is CCCCCC1OC(=O)OC1CI. The zero-order valence-corrected chi connectivity index (χ0v) is 9.95. The molecular formula is C9H15IO3. The molecule has 0 saturated carbocycles. The highest BCUT2D eigenvalue weighted by molar-refractivity contribution is 14.1. The second kappa shape index (κ2) is 5.67. The Morgan fingerprint density at radius 3 is 2.62 bits per heavy atom. The van der Waals surface area contributed by atoms with E-state index in [1.54, 1.807) is 0 Å². The molecule has 0 spiro atoms. The van der Waals surface area contributed by atoms with E-state index in [9.17, 15) is 4.79 Å². The maximum atomic E-state index is 10.8. The summed E-state index contributed by atoms with van der Waals surface area (Å²) in [6, 6.07) is 0. The molecule has 2 atom stereocenters. The highest BCUT2D eigenvalue weighted by atomic mass is 127. The van der Waals surface area contributed by atoms with Crippen LogP contribution in [0.25, 0.3) is 0 Å². The number of cyclic esters (lactones) is 2. The first-order valence-corrected chi connectivity index (χ1v) is 6.23. The standard InChI is InChI=1S/C9H15IO3/c1-2-3-4-5-7-8(6-10)13-9(11)12-7/h7-8H,2-6H2,1H3. The summed E-state index contributed by atoms with van der Waals surface area (Å²) in [4.78, 5) is 10.8. The molecule has 0 aromatic heterocycles. The number of hydrogen-bond donors (Lipinski definition) is 0. The van der Waals surface area contributed by atoms with Crippen molar-refractivity contribution < 1.29 is 14.3 Å². The van der Waals surface area contributed by atoms with Crippen molar-refractivity contribution in [1.29, 1.82) is 0 Å². The summed E-state index contributed by atoms with van der Waals surface area (Å²) in [5.74, 6) is 0. The van der Waals surface area contributed by atoms with E-state index in [0.29, 0.717) is 0 Å². The molecule has 0 amide bonds. The summed E-state index contributed by atoms with van der Waals surface area (Å²) in [5, 5.41) is 0. The van der Waals surface area contributed by atoms with E-state index in [1.807, 2.05) is 0 Å². The number of carbonyl (C=O) groups excluding carboxylic acids is 1. The highest BCUT2D eigenvalue weighted by Crippen LogP contribution is 2.22. The highest BCUT2D eigenvalue weighted by Gasteiger charge is 2.34. The largest absolute Gasteiger partial charge is 0.509 e. The Labute approximate surface area is 92.3 Å². The maximum Gasteiger partial charge on any atom is 0.509 e. The molecule has 4 heteroatoms. The molecule has 1 aliphatic rings. The lowest BCUT2D eigenvalue weighted by atomic mass is 10.1. The van der Waals surface area contributed by atoms with Crippen LogP contribution in [0.3, 0.4) is 0 Å². The zero-order valence-electron chi connectivity index (χ0n) is 7.79. The van der Waals surface area contributed by atoms with Crippen molar-refractivity contribution in [3.8, 4) is 0 Å². The molecule has 13 heavy (non-hydrogen) atoms. The Bertz CT molecular complexity index is 172. The quantitative estimate of drug-likeness (QED) is 0.339. The number of hydrogen-bond acceptors (Lipinski definition) is 3. The van der Waals surface area contributed by atoms with Crippen molar-refractivity contribution >= 4 is 28.7 Å². The molecule has 0 N–H and O–H groups in total. The first kappa shape index (κ1) is 11.1. The van der Waals surface area contributed by atoms with Crippen LogP contribution >= 0.6 is 22.6 Å². The van der Waals surface area contributed by atoms with Crippen molar-refractivity contribution in [3.63, 3.8) is 0 Å². The molecule has 0 aliphatic carbocycles. The minimum Gasteiger partial charge on any atom is -0.427 e. The van der Waals surface area contributed by atoms with Crippen molar-refractivity contribution in [2.45, 2.75) is 44.8 Å². The second-order valence-corrected chi connectivity index (χ2v) is 4.09. The minimum absolute atomic E-state index is 0.00375. The van der Waals surface area contributed by atoms with Crippen molar-refractivity contribution in [1.82, 2.24) is 0 Å². The van der Waals surface area contributed by atoms with Crippen molar-refractivity contribution in [2.75, 3.05) is 4.43 Å². The number of rotatable bonds is 5. The van der Waals surface area contributed by atoms with Gasteiger partial charge in [0.05, 0.1) is 0 Å². The van der Waals surface area contributed by atoms with Crippen LogP contribution < -0.4 is 0 Å². The molecule has 76 valence electrons. The topological polar surface area (TPSA) is 35.5 Å². The summed E-state index contributed by atoms with van der Waals surface area (Å²) < 4.78 is 10.9. The fourth-order valence-corrected chi connectivity index (χ4v) is 2.14. The third-order valence-corrected chi connectivity index (χ3v) is 3.02. The van der Waals surface area contributed by atoms with Gasteiger partial charge in [-0.15, -0.1) is 0 Å². The average molecular weight is 298 g/mol. The van der Waals surface area contributed by atoms with Gasteiger partial charge in [-0.25, -0.2) is 4.79 Å². The number of alkyl halides is 1. The summed E-state index contributed by atoms with van der Waals surface area (Å²) in [5.41, 5.74) is 0. The van der Waals surface area contributed by atoms with Crippen LogP contribution in [0, 0.1) is 0 Å². The number of carbonyl (C=O) groups is 1. The molecule has 1 fully saturated rings. The van der Waals surface area contributed by atoms with Crippen LogP contribution in [-0.4, -0.2) is 22.8 Å². The predicted molar refractivity (Wildman–Crippen MR) is 58.2 cm³/mol. The molecule has 1 heterocycles. The fourth-order valence-electron chi connectivity index (χ4n) is 1.40. The van der Waals surface area contributed by atoms with Crippen LogP contribution in [0.2, 0.25) is 0 Å². The lowest BCUT2D eigenvalue weighted by Crippen LogP contribution is -2.23. The second-order valence-electron chi connectivity index (χ2n) is 3.21. The third kappa shape index (κ3) is 3.32. The zero-order chi connectivity index (χ0) is 9.68. The van der Waals surface area contributed by atoms with Gasteiger partial charge in [0.25, 0.3) is 0 Å². The average Bonchev–Trinajstić information content (AvgIpc) is 2.47. The van der Waals surface area contributed by atoms with Crippen LogP contribution in [0.5, 0.6) is 0 Å². The van der Waals surface area contributed by atoms with Crippen molar-refractivity contribution in [2.24, 2.45) is 0 Å². The van der Waals surface area contributed by atoms with Gasteiger partial charge in [0.1, 0.15) is 6.10 Å². The van der Waals surface area contributed by atoms with Gasteiger partial charge in [-0.3, -0.25) is 0 Å². The van der Waals surface area contributed by atoms with E-state index in [-0.39, 0.29) is 12.2 Å². The van der Waals surface area contributed by atoms with Gasteiger partial charge in [0.2, 0.25) is 0 Å². The van der Waals surface area contributed by atoms with E-state index in [2.05, 4.69) is 29.5 Å². The van der Waals surface area contributed by atoms with Crippen LogP contribution in [0.4, 0.5) is 4.79 Å². The first-order chi connectivity index (χ1) is 6.27. The molecule has 3 nitrogen and oxygen atoms in total. The maximum absolute atomic E-state index is 10.8. The summed E-state index contributed by atoms with van der Waals surface area (Å²) >= 11 is 2.22. The van der Waals surface area contributed by atoms with E-state index in [1.165, 1.54) is 12.8 Å². The molecule has 0 aromatic carbocycles. The van der Waals surface area contributed by atoms with Crippen LogP contribution in [-0.2, 0) is 9.47 Å². The fraction of sp³-hybridized carbons (Fsp3) is 0.889. The lowest BCUT2D eigenvalue weighted by Gasteiger charge is -2.11. The minimum atomic E-state index is -0.497. The summed E-state index contributed by atoms with van der Waals surface area (Å²) in [6.45, 7) is 2.16. The summed E-state index contributed by atoms with van der Waals surface area (Å²) in [6.07, 6.45) is 3.92. The Hall–Kier alpha value is 0. The number of unbranched alkanes of at least 4 members (excludes halogenated alkanes) is 2. The van der Waals surface area contributed by atoms with Gasteiger partial charge in [0, 0.05) is 4.43 Å². The predicted octanol–water partition coefficient (Wildman–Crippen LogP) is 2.91. The van der Waals surface area contributed by atoms with Gasteiger partial charge in [0.15, 0.2) is 6.10 Å². The molecule has 1 saturated heterocycles. The van der Waals surface area contributed by atoms with Gasteiger partial charge in [-0.05, 0) is 12.8 Å². The molecule has 1 aliphatic heterocycles. The lowest BCUT2D eigenvalue weighted by molar-refractivity contribution is 0.115. The number of ether oxygens (including phenoxy) is 2. The Morgan fingerprint density at radius 2 is 2.00 bits per heavy atom. The smallest absolute Gasteiger partial charge is 0.427 e. The van der Waals surface area contributed by atoms with Crippen LogP contribution in [0.15, 0.2) is 0 Å². The van der Waals surface area contributed by atoms with Crippen LogP contribution in [0.1, 0.15) is 32.6 Å². The molecule has 0 bridgehead atoms. The monoisotopic (exact) mass is 298 g/mol. The first-order valence-electron chi connectivity index (χ1n) is 4.71. The normalized spacial score (nSPS) is 27.1. The van der Waals surface area contributed by atoms with E-state index >= 15 is 0 Å². The summed E-state index contributed by atoms with van der Waals surface area (Å²) in [7, 11) is 0. The molecule has 1 rings (SSSR count). The Morgan fingerprint density at radius 1 is 1.31 bits per heavy atom. The molecule has 2 unspecified atom stereocenters. The van der Waals surface area contributed by atoms with E-state index < -0.39 is 6.16 Å². The van der Waals surface area contributed by atoms with Gasteiger partial charge < -0.3 is 9.47 Å².